The SMILES string of the molecule is O=C(CCCN1CCC(O)(c2ccc(Cl)cc2)CC1)c1ccc(F)cc1[N+](=O)[O-]. The van der Waals surface area contributed by atoms with Crippen LogP contribution in [0.3, 0.4) is 0 Å². The van der Waals surface area contributed by atoms with E-state index in [1.807, 2.05) is 12.1 Å². The van der Waals surface area contributed by atoms with Crippen LogP contribution in [-0.4, -0.2) is 40.3 Å². The first-order valence-corrected chi connectivity index (χ1v) is 9.84. The lowest BCUT2D eigenvalue weighted by atomic mass is 9.84. The second kappa shape index (κ2) is 8.98. The average molecular weight is 421 g/mol. The second-order valence-corrected chi connectivity index (χ2v) is 7.76. The third-order valence-corrected chi connectivity index (χ3v) is 5.65. The summed E-state index contributed by atoms with van der Waals surface area (Å²) in [5, 5.41) is 22.6. The molecule has 0 aliphatic carbocycles. The molecule has 8 heteroatoms. The maximum Gasteiger partial charge on any atom is 0.283 e. The molecular weight excluding hydrogens is 399 g/mol. The van der Waals surface area contributed by atoms with E-state index < -0.39 is 22.0 Å². The van der Waals surface area contributed by atoms with Crippen molar-refractivity contribution in [1.29, 1.82) is 0 Å². The van der Waals surface area contributed by atoms with E-state index in [-0.39, 0.29) is 17.8 Å². The Balaban J connectivity index is 1.50. The summed E-state index contributed by atoms with van der Waals surface area (Å²) < 4.78 is 13.2. The Labute approximate surface area is 173 Å². The quantitative estimate of drug-likeness (QED) is 0.409. The standard InChI is InChI=1S/C21H22ClFN2O4/c22-16-5-3-15(4-6-16)21(27)9-12-24(13-10-21)11-1-2-20(26)18-8-7-17(23)14-19(18)25(28)29/h3-8,14,27H,1-2,9-13H2. The van der Waals surface area contributed by atoms with E-state index in [1.54, 1.807) is 12.1 Å². The first-order chi connectivity index (χ1) is 13.8. The minimum absolute atomic E-state index is 0.0628. The largest absolute Gasteiger partial charge is 0.385 e. The number of hydrogen-bond acceptors (Lipinski definition) is 5. The highest BCUT2D eigenvalue weighted by atomic mass is 35.5. The fourth-order valence-corrected chi connectivity index (χ4v) is 3.81. The molecule has 6 nitrogen and oxygen atoms in total. The normalized spacial score (nSPS) is 16.5. The van der Waals surface area contributed by atoms with Gasteiger partial charge in [-0.15, -0.1) is 0 Å². The number of likely N-dealkylation sites (tertiary alicyclic amines) is 1. The van der Waals surface area contributed by atoms with Crippen molar-refractivity contribution in [3.8, 4) is 0 Å². The lowest BCUT2D eigenvalue weighted by Crippen LogP contribution is -2.42. The number of nitro benzene ring substituents is 1. The number of piperidine rings is 1. The molecule has 0 unspecified atom stereocenters. The van der Waals surface area contributed by atoms with Crippen molar-refractivity contribution in [2.75, 3.05) is 19.6 Å². The summed E-state index contributed by atoms with van der Waals surface area (Å²) in [7, 11) is 0. The van der Waals surface area contributed by atoms with Gasteiger partial charge in [0.1, 0.15) is 5.82 Å². The number of halogens is 2. The lowest BCUT2D eigenvalue weighted by molar-refractivity contribution is -0.385. The smallest absolute Gasteiger partial charge is 0.283 e. The van der Waals surface area contributed by atoms with Gasteiger partial charge >= 0.3 is 0 Å². The van der Waals surface area contributed by atoms with Crippen molar-refractivity contribution in [3.05, 3.63) is 74.5 Å². The van der Waals surface area contributed by atoms with Crippen LogP contribution in [-0.2, 0) is 5.60 Å². The summed E-state index contributed by atoms with van der Waals surface area (Å²) in [6.45, 7) is 2.02. The summed E-state index contributed by atoms with van der Waals surface area (Å²) >= 11 is 5.91. The fraction of sp³-hybridized carbons (Fsp3) is 0.381. The molecule has 0 radical (unpaired) electrons. The van der Waals surface area contributed by atoms with Crippen molar-refractivity contribution in [3.63, 3.8) is 0 Å². The first-order valence-electron chi connectivity index (χ1n) is 9.46. The zero-order chi connectivity index (χ0) is 21.0. The molecule has 29 heavy (non-hydrogen) atoms. The minimum Gasteiger partial charge on any atom is -0.385 e. The predicted molar refractivity (Wildman–Crippen MR) is 108 cm³/mol. The number of carbonyl (C=O) groups excluding carboxylic acids is 1. The van der Waals surface area contributed by atoms with Crippen molar-refractivity contribution in [2.45, 2.75) is 31.3 Å². The Morgan fingerprint density at radius 2 is 1.86 bits per heavy atom. The van der Waals surface area contributed by atoms with Crippen molar-refractivity contribution in [2.24, 2.45) is 0 Å². The number of nitro groups is 1. The molecule has 0 amide bonds. The minimum atomic E-state index is -0.883. The summed E-state index contributed by atoms with van der Waals surface area (Å²) in [6, 6.07) is 10.2. The molecule has 1 fully saturated rings. The van der Waals surface area contributed by atoms with Gasteiger partial charge in [-0.05, 0) is 55.6 Å². The van der Waals surface area contributed by atoms with Gasteiger partial charge < -0.3 is 10.0 Å². The summed E-state index contributed by atoms with van der Waals surface area (Å²) in [4.78, 5) is 24.8. The first kappa shape index (κ1) is 21.4. The van der Waals surface area contributed by atoms with Crippen LogP contribution in [0.15, 0.2) is 42.5 Å². The fourth-order valence-electron chi connectivity index (χ4n) is 3.68. The molecule has 3 rings (SSSR count). The van der Waals surface area contributed by atoms with Crippen LogP contribution in [0.25, 0.3) is 0 Å². The number of aliphatic hydroxyl groups is 1. The highest BCUT2D eigenvalue weighted by Crippen LogP contribution is 2.33. The topological polar surface area (TPSA) is 83.7 Å². The number of nitrogens with zero attached hydrogens (tertiary/aromatic N) is 2. The van der Waals surface area contributed by atoms with Gasteiger partial charge in [-0.25, -0.2) is 4.39 Å². The summed E-state index contributed by atoms with van der Waals surface area (Å²) in [5.41, 5.74) is -0.598. The maximum atomic E-state index is 13.2. The van der Waals surface area contributed by atoms with Crippen molar-refractivity contribution in [1.82, 2.24) is 4.90 Å². The van der Waals surface area contributed by atoms with E-state index in [4.69, 9.17) is 11.6 Å². The zero-order valence-electron chi connectivity index (χ0n) is 15.8. The monoisotopic (exact) mass is 420 g/mol. The van der Waals surface area contributed by atoms with Crippen LogP contribution in [0, 0.1) is 15.9 Å². The molecule has 1 aliphatic heterocycles. The zero-order valence-corrected chi connectivity index (χ0v) is 16.6. The van der Waals surface area contributed by atoms with E-state index in [2.05, 4.69) is 4.90 Å². The number of hydrogen-bond donors (Lipinski definition) is 1. The molecule has 2 aromatic carbocycles. The molecule has 2 aromatic rings. The van der Waals surface area contributed by atoms with Gasteiger partial charge in [-0.3, -0.25) is 14.9 Å². The Kier molecular flexibility index (Phi) is 6.62. The van der Waals surface area contributed by atoms with E-state index >= 15 is 0 Å². The molecule has 154 valence electrons. The van der Waals surface area contributed by atoms with E-state index in [0.717, 1.165) is 17.7 Å². The average Bonchev–Trinajstić information content (AvgIpc) is 2.69. The summed E-state index contributed by atoms with van der Waals surface area (Å²) in [6.07, 6.45) is 1.83. The van der Waals surface area contributed by atoms with Gasteiger partial charge in [0, 0.05) is 24.5 Å². The highest BCUT2D eigenvalue weighted by Gasteiger charge is 2.33. The molecule has 1 saturated heterocycles. The number of Topliss-reactive ketones (excluding diaryl/α,β-unsaturated/α-hetero) is 1. The van der Waals surface area contributed by atoms with E-state index in [9.17, 15) is 24.4 Å². The van der Waals surface area contributed by atoms with Crippen LogP contribution in [0.1, 0.15) is 41.6 Å². The van der Waals surface area contributed by atoms with Gasteiger partial charge in [0.05, 0.1) is 22.2 Å². The lowest BCUT2D eigenvalue weighted by Gasteiger charge is -2.38. The van der Waals surface area contributed by atoms with Crippen LogP contribution in [0.2, 0.25) is 5.02 Å². The predicted octanol–water partition coefficient (Wildman–Crippen LogP) is 4.33. The van der Waals surface area contributed by atoms with E-state index in [1.165, 1.54) is 6.07 Å². The number of ketones is 1. The Morgan fingerprint density at radius 3 is 2.48 bits per heavy atom. The van der Waals surface area contributed by atoms with Gasteiger partial charge in [-0.2, -0.15) is 0 Å². The Morgan fingerprint density at radius 1 is 1.21 bits per heavy atom. The highest BCUT2D eigenvalue weighted by molar-refractivity contribution is 6.30. The molecule has 0 saturated carbocycles. The third kappa shape index (κ3) is 5.18. The van der Waals surface area contributed by atoms with Crippen LogP contribution in [0.5, 0.6) is 0 Å². The van der Waals surface area contributed by atoms with Crippen molar-refractivity contribution < 1.29 is 19.2 Å². The van der Waals surface area contributed by atoms with Crippen LogP contribution >= 0.6 is 11.6 Å². The van der Waals surface area contributed by atoms with E-state index in [0.29, 0.717) is 43.9 Å². The second-order valence-electron chi connectivity index (χ2n) is 7.33. The van der Waals surface area contributed by atoms with Gasteiger partial charge in [0.2, 0.25) is 0 Å². The van der Waals surface area contributed by atoms with Gasteiger partial charge in [0.15, 0.2) is 5.78 Å². The molecule has 0 aromatic heterocycles. The summed E-state index contributed by atoms with van der Waals surface area (Å²) in [5.74, 6) is -1.11. The molecule has 0 atom stereocenters. The van der Waals surface area contributed by atoms with Crippen LogP contribution in [0.4, 0.5) is 10.1 Å². The van der Waals surface area contributed by atoms with Gasteiger partial charge in [0.25, 0.3) is 5.69 Å². The third-order valence-electron chi connectivity index (χ3n) is 5.40. The number of benzene rings is 2. The maximum absolute atomic E-state index is 13.2. The Hall–Kier alpha value is -2.35. The number of rotatable bonds is 7. The molecule has 1 heterocycles. The Bertz CT molecular complexity index is 896. The number of carbonyl (C=O) groups is 1. The molecule has 0 spiro atoms. The van der Waals surface area contributed by atoms with Crippen molar-refractivity contribution >= 4 is 23.1 Å². The molecule has 1 N–H and O–H groups in total. The van der Waals surface area contributed by atoms with Gasteiger partial charge in [-0.1, -0.05) is 23.7 Å². The molecule has 0 bridgehead atoms. The molecular formula is C21H22ClFN2O4. The van der Waals surface area contributed by atoms with Crippen LogP contribution < -0.4 is 0 Å². The molecule has 1 aliphatic rings.